The van der Waals surface area contributed by atoms with E-state index < -0.39 is 5.91 Å². The molecule has 0 aliphatic heterocycles. The maximum Gasteiger partial charge on any atom is 0.252 e. The molecular formula is C4H9N2O. The van der Waals surface area contributed by atoms with Gasteiger partial charge < -0.3 is 5.32 Å². The highest BCUT2D eigenvalue weighted by molar-refractivity contribution is 5.75. The fraction of sp³-hybridized carbons (Fsp3) is 0.750. The van der Waals surface area contributed by atoms with Gasteiger partial charge in [0.05, 0.1) is 6.54 Å². The molecule has 0 aromatic rings. The van der Waals surface area contributed by atoms with Crippen LogP contribution in [0.1, 0.15) is 6.92 Å². The van der Waals surface area contributed by atoms with E-state index in [1.165, 1.54) is 0 Å². The monoisotopic (exact) mass is 101 g/mol. The number of amides is 1. The lowest BCUT2D eigenvalue weighted by Crippen LogP contribution is -2.22. The van der Waals surface area contributed by atoms with E-state index in [2.05, 4.69) is 5.32 Å². The third-order valence-electron chi connectivity index (χ3n) is 0.536. The van der Waals surface area contributed by atoms with Gasteiger partial charge in [0.15, 0.2) is 0 Å². The van der Waals surface area contributed by atoms with Crippen LogP contribution in [-0.2, 0) is 4.79 Å². The van der Waals surface area contributed by atoms with Crippen molar-refractivity contribution in [2.45, 2.75) is 6.92 Å². The molecule has 3 heteroatoms. The predicted molar refractivity (Wildman–Crippen MR) is 26.6 cm³/mol. The fourth-order valence-electron chi connectivity index (χ4n) is 0.239. The van der Waals surface area contributed by atoms with E-state index in [1.807, 2.05) is 6.92 Å². The number of nitrogens with one attached hydrogen (secondary N) is 2. The van der Waals surface area contributed by atoms with E-state index in [0.29, 0.717) is 0 Å². The van der Waals surface area contributed by atoms with Crippen LogP contribution in [0.25, 0.3) is 0 Å². The summed E-state index contributed by atoms with van der Waals surface area (Å²) in [5.41, 5.74) is 6.38. The van der Waals surface area contributed by atoms with Crippen molar-refractivity contribution < 1.29 is 4.79 Å². The molecule has 0 aromatic heterocycles. The van der Waals surface area contributed by atoms with Gasteiger partial charge in [-0.3, -0.25) is 10.5 Å². The molecule has 0 atom stereocenters. The molecule has 0 unspecified atom stereocenters. The molecule has 0 aliphatic rings. The van der Waals surface area contributed by atoms with E-state index in [-0.39, 0.29) is 6.54 Å². The molecule has 0 aliphatic carbocycles. The largest absolute Gasteiger partial charge is 0.309 e. The second kappa shape index (κ2) is 3.61. The van der Waals surface area contributed by atoms with Gasteiger partial charge in [-0.2, -0.15) is 0 Å². The summed E-state index contributed by atoms with van der Waals surface area (Å²) >= 11 is 0. The highest BCUT2D eigenvalue weighted by atomic mass is 16.1. The molecule has 3 nitrogen and oxygen atoms in total. The van der Waals surface area contributed by atoms with Crippen molar-refractivity contribution in [1.29, 1.82) is 0 Å². The van der Waals surface area contributed by atoms with Crippen LogP contribution in [0, 0.1) is 0 Å². The van der Waals surface area contributed by atoms with Gasteiger partial charge in [-0.15, -0.1) is 0 Å². The lowest BCUT2D eigenvalue weighted by atomic mass is 10.6. The van der Waals surface area contributed by atoms with Crippen molar-refractivity contribution in [2.24, 2.45) is 0 Å². The van der Waals surface area contributed by atoms with Crippen LogP contribution in [0.2, 0.25) is 0 Å². The number of carbonyl (C=O) groups excluding carboxylic acids is 1. The highest BCUT2D eigenvalue weighted by Gasteiger charge is 1.87. The molecule has 0 spiro atoms. The molecule has 0 fully saturated rings. The summed E-state index contributed by atoms with van der Waals surface area (Å²) in [5.74, 6) is -0.554. The fourth-order valence-corrected chi connectivity index (χ4v) is 0.239. The van der Waals surface area contributed by atoms with Crippen LogP contribution < -0.4 is 11.1 Å². The first kappa shape index (κ1) is 6.43. The van der Waals surface area contributed by atoms with E-state index in [0.717, 1.165) is 6.54 Å². The molecular weight excluding hydrogens is 92.1 g/mol. The zero-order chi connectivity index (χ0) is 5.70. The number of hydrogen-bond donors (Lipinski definition) is 1. The van der Waals surface area contributed by atoms with E-state index in [9.17, 15) is 4.79 Å². The van der Waals surface area contributed by atoms with Gasteiger partial charge in [0.2, 0.25) is 0 Å². The first-order chi connectivity index (χ1) is 3.27. The summed E-state index contributed by atoms with van der Waals surface area (Å²) in [6, 6.07) is 0. The predicted octanol–water partition coefficient (Wildman–Crippen LogP) is -0.595. The zero-order valence-electron chi connectivity index (χ0n) is 4.32. The standard InChI is InChI=1S/C4H9N2O/c1-2-6-3-4(5)7/h5-6H,2-3H2,1H3. The Morgan fingerprint density at radius 1 is 1.86 bits per heavy atom. The van der Waals surface area contributed by atoms with Gasteiger partial charge in [0.1, 0.15) is 0 Å². The molecule has 0 saturated heterocycles. The number of rotatable bonds is 3. The van der Waals surface area contributed by atoms with Crippen LogP contribution in [0.5, 0.6) is 0 Å². The number of likely N-dealkylation sites (N-methyl/N-ethyl adjacent to an activating group) is 1. The maximum atomic E-state index is 9.81. The van der Waals surface area contributed by atoms with Crippen molar-refractivity contribution >= 4 is 5.91 Å². The van der Waals surface area contributed by atoms with Crippen LogP contribution in [0.4, 0.5) is 0 Å². The summed E-state index contributed by atoms with van der Waals surface area (Å²) in [6.45, 7) is 2.82. The normalized spacial score (nSPS) is 8.71. The zero-order valence-corrected chi connectivity index (χ0v) is 4.32. The molecule has 41 valence electrons. The Hall–Kier alpha value is -0.570. The van der Waals surface area contributed by atoms with Gasteiger partial charge in [-0.1, -0.05) is 6.92 Å². The molecule has 0 heterocycles. The van der Waals surface area contributed by atoms with Gasteiger partial charge in [0, 0.05) is 0 Å². The van der Waals surface area contributed by atoms with Crippen LogP contribution in [0.3, 0.4) is 0 Å². The van der Waals surface area contributed by atoms with Crippen molar-refractivity contribution in [3.05, 3.63) is 0 Å². The Bertz CT molecular complexity index is 62.7. The maximum absolute atomic E-state index is 9.81. The topological polar surface area (TPSA) is 52.9 Å². The van der Waals surface area contributed by atoms with Crippen molar-refractivity contribution in [3.8, 4) is 0 Å². The third kappa shape index (κ3) is 5.43. The van der Waals surface area contributed by atoms with E-state index >= 15 is 0 Å². The average molecular weight is 101 g/mol. The van der Waals surface area contributed by atoms with E-state index in [4.69, 9.17) is 5.73 Å². The van der Waals surface area contributed by atoms with Crippen LogP contribution >= 0.6 is 0 Å². The smallest absolute Gasteiger partial charge is 0.252 e. The van der Waals surface area contributed by atoms with Gasteiger partial charge in [-0.25, -0.2) is 0 Å². The second-order valence-corrected chi connectivity index (χ2v) is 1.20. The Labute approximate surface area is 42.9 Å². The van der Waals surface area contributed by atoms with Gasteiger partial charge in [0.25, 0.3) is 5.91 Å². The summed E-state index contributed by atoms with van der Waals surface area (Å²) in [4.78, 5) is 9.81. The lowest BCUT2D eigenvalue weighted by Gasteiger charge is -1.90. The highest BCUT2D eigenvalue weighted by Crippen LogP contribution is 1.55. The molecule has 0 aromatic carbocycles. The first-order valence-electron chi connectivity index (χ1n) is 2.22. The molecule has 1 amide bonds. The summed E-state index contributed by atoms with van der Waals surface area (Å²) in [7, 11) is 0. The van der Waals surface area contributed by atoms with Crippen molar-refractivity contribution in [3.63, 3.8) is 0 Å². The van der Waals surface area contributed by atoms with Crippen LogP contribution in [0.15, 0.2) is 0 Å². The van der Waals surface area contributed by atoms with Crippen molar-refractivity contribution in [1.82, 2.24) is 11.1 Å². The molecule has 0 saturated carbocycles. The quantitative estimate of drug-likeness (QED) is 0.516. The number of hydrogen-bond acceptors (Lipinski definition) is 2. The minimum absolute atomic E-state index is 0.177. The van der Waals surface area contributed by atoms with E-state index in [1.54, 1.807) is 0 Å². The minimum Gasteiger partial charge on any atom is -0.309 e. The molecule has 0 bridgehead atoms. The second-order valence-electron chi connectivity index (χ2n) is 1.20. The molecule has 7 heavy (non-hydrogen) atoms. The van der Waals surface area contributed by atoms with Gasteiger partial charge >= 0.3 is 0 Å². The Morgan fingerprint density at radius 2 is 2.43 bits per heavy atom. The van der Waals surface area contributed by atoms with Crippen molar-refractivity contribution in [2.75, 3.05) is 13.1 Å². The summed E-state index contributed by atoms with van der Waals surface area (Å²) in [6.07, 6.45) is 0. The Morgan fingerprint density at radius 3 is 2.57 bits per heavy atom. The SMILES string of the molecule is CCNCC([NH])=O. The molecule has 2 N–H and O–H groups in total. The third-order valence-corrected chi connectivity index (χ3v) is 0.536. The summed E-state index contributed by atoms with van der Waals surface area (Å²) < 4.78 is 0. The Kier molecular flexibility index (Phi) is 3.32. The minimum atomic E-state index is -0.554. The average Bonchev–Trinajstić information content (AvgIpc) is 1.61. The lowest BCUT2D eigenvalue weighted by molar-refractivity contribution is -0.117. The molecule has 1 radical (unpaired) electrons. The molecule has 0 rings (SSSR count). The first-order valence-corrected chi connectivity index (χ1v) is 2.22. The number of carbonyl (C=O) groups is 1. The Balaban J connectivity index is 2.82. The van der Waals surface area contributed by atoms with Crippen LogP contribution in [-0.4, -0.2) is 19.0 Å². The van der Waals surface area contributed by atoms with Gasteiger partial charge in [-0.05, 0) is 6.54 Å². The summed E-state index contributed by atoms with van der Waals surface area (Å²) in [5, 5.41) is 2.71.